The highest BCUT2D eigenvalue weighted by atomic mass is 16.3. The maximum Gasteiger partial charge on any atom is 0.110 e. The molecule has 1 aliphatic rings. The lowest BCUT2D eigenvalue weighted by molar-refractivity contribution is 0.181. The summed E-state index contributed by atoms with van der Waals surface area (Å²) in [6.07, 6.45) is 2.65. The molecule has 1 atom stereocenters. The Morgan fingerprint density at radius 3 is 3.17 bits per heavy atom. The van der Waals surface area contributed by atoms with E-state index in [1.54, 1.807) is 0 Å². The number of aryl methyl sites for hydroxylation is 1. The summed E-state index contributed by atoms with van der Waals surface area (Å²) in [4.78, 5) is 0. The third-order valence-electron chi connectivity index (χ3n) is 2.38. The summed E-state index contributed by atoms with van der Waals surface area (Å²) < 4.78 is 0. The molecule has 0 saturated heterocycles. The standard InChI is InChI=1S/C8H13N3O/c9-4-7(12)8-5-2-1-3-6(5)10-11-8/h7,12H,1-4,9H2,(H,10,11). The Hall–Kier alpha value is -0.870. The van der Waals surface area contributed by atoms with Crippen LogP contribution in [-0.2, 0) is 12.8 Å². The summed E-state index contributed by atoms with van der Waals surface area (Å²) >= 11 is 0. The number of aromatic nitrogens is 2. The Morgan fingerprint density at radius 2 is 2.42 bits per heavy atom. The number of aliphatic hydroxyl groups is 1. The van der Waals surface area contributed by atoms with E-state index in [1.165, 1.54) is 11.3 Å². The first-order valence-corrected chi connectivity index (χ1v) is 4.27. The van der Waals surface area contributed by atoms with Gasteiger partial charge in [0.15, 0.2) is 0 Å². The fourth-order valence-electron chi connectivity index (χ4n) is 1.73. The van der Waals surface area contributed by atoms with Crippen LogP contribution >= 0.6 is 0 Å². The largest absolute Gasteiger partial charge is 0.385 e. The molecule has 1 aliphatic carbocycles. The molecule has 12 heavy (non-hydrogen) atoms. The summed E-state index contributed by atoms with van der Waals surface area (Å²) in [7, 11) is 0. The van der Waals surface area contributed by atoms with Gasteiger partial charge in [0.05, 0.1) is 5.69 Å². The zero-order valence-corrected chi connectivity index (χ0v) is 6.88. The first-order valence-electron chi connectivity index (χ1n) is 4.27. The van der Waals surface area contributed by atoms with E-state index in [-0.39, 0.29) is 6.54 Å². The molecule has 1 aromatic rings. The average molecular weight is 167 g/mol. The fourth-order valence-corrected chi connectivity index (χ4v) is 1.73. The van der Waals surface area contributed by atoms with Crippen molar-refractivity contribution < 1.29 is 5.11 Å². The van der Waals surface area contributed by atoms with Crippen LogP contribution in [0.5, 0.6) is 0 Å². The number of H-pyrrole nitrogens is 1. The summed E-state index contributed by atoms with van der Waals surface area (Å²) in [6, 6.07) is 0. The SMILES string of the molecule is NCC(O)c1n[nH]c2c1CCC2. The van der Waals surface area contributed by atoms with Crippen molar-refractivity contribution in [2.45, 2.75) is 25.4 Å². The highest BCUT2D eigenvalue weighted by Crippen LogP contribution is 2.26. The van der Waals surface area contributed by atoms with Gasteiger partial charge in [-0.1, -0.05) is 0 Å². The Balaban J connectivity index is 2.33. The first kappa shape index (κ1) is 7.76. The molecule has 0 saturated carbocycles. The normalized spacial score (nSPS) is 17.8. The van der Waals surface area contributed by atoms with Gasteiger partial charge in [-0.05, 0) is 24.8 Å². The second kappa shape index (κ2) is 2.88. The van der Waals surface area contributed by atoms with Crippen molar-refractivity contribution in [3.8, 4) is 0 Å². The predicted molar refractivity (Wildman–Crippen MR) is 44.6 cm³/mol. The number of nitrogens with two attached hydrogens (primary N) is 1. The zero-order chi connectivity index (χ0) is 8.55. The van der Waals surface area contributed by atoms with Gasteiger partial charge < -0.3 is 10.8 Å². The fraction of sp³-hybridized carbons (Fsp3) is 0.625. The van der Waals surface area contributed by atoms with Crippen LogP contribution in [0.25, 0.3) is 0 Å². The van der Waals surface area contributed by atoms with Crippen molar-refractivity contribution in [2.24, 2.45) is 5.73 Å². The zero-order valence-electron chi connectivity index (χ0n) is 6.88. The third kappa shape index (κ3) is 1.04. The number of hydrogen-bond donors (Lipinski definition) is 3. The van der Waals surface area contributed by atoms with Crippen LogP contribution in [0.2, 0.25) is 0 Å². The Bertz CT molecular complexity index is 282. The molecule has 66 valence electrons. The van der Waals surface area contributed by atoms with E-state index in [0.717, 1.165) is 25.0 Å². The lowest BCUT2D eigenvalue weighted by Gasteiger charge is -2.04. The van der Waals surface area contributed by atoms with Gasteiger partial charge in [0.25, 0.3) is 0 Å². The predicted octanol–water partition coefficient (Wildman–Crippen LogP) is -0.110. The van der Waals surface area contributed by atoms with Crippen LogP contribution in [-0.4, -0.2) is 21.8 Å². The molecule has 0 radical (unpaired) electrons. The molecule has 0 spiro atoms. The number of aromatic amines is 1. The molecule has 1 unspecified atom stereocenters. The summed E-state index contributed by atoms with van der Waals surface area (Å²) in [5.41, 5.74) is 8.47. The Morgan fingerprint density at radius 1 is 1.58 bits per heavy atom. The Kier molecular flexibility index (Phi) is 1.86. The molecule has 2 rings (SSSR count). The van der Waals surface area contributed by atoms with Crippen LogP contribution in [0.4, 0.5) is 0 Å². The lowest BCUT2D eigenvalue weighted by atomic mass is 10.1. The van der Waals surface area contributed by atoms with Crippen LogP contribution in [0, 0.1) is 0 Å². The van der Waals surface area contributed by atoms with Gasteiger partial charge in [0.2, 0.25) is 0 Å². The molecule has 0 bridgehead atoms. The van der Waals surface area contributed by atoms with Crippen molar-refractivity contribution in [3.05, 3.63) is 17.0 Å². The third-order valence-corrected chi connectivity index (χ3v) is 2.38. The second-order valence-electron chi connectivity index (χ2n) is 3.17. The van der Waals surface area contributed by atoms with Crippen LogP contribution in [0.15, 0.2) is 0 Å². The van der Waals surface area contributed by atoms with E-state index < -0.39 is 6.10 Å². The molecule has 0 aromatic carbocycles. The monoisotopic (exact) mass is 167 g/mol. The molecule has 0 amide bonds. The van der Waals surface area contributed by atoms with E-state index in [0.29, 0.717) is 0 Å². The van der Waals surface area contributed by atoms with E-state index in [1.807, 2.05) is 0 Å². The number of nitrogens with one attached hydrogen (secondary N) is 1. The number of hydrogen-bond acceptors (Lipinski definition) is 3. The van der Waals surface area contributed by atoms with Gasteiger partial charge in [-0.2, -0.15) is 5.10 Å². The molecule has 0 fully saturated rings. The van der Waals surface area contributed by atoms with E-state index in [2.05, 4.69) is 10.2 Å². The molecule has 4 N–H and O–H groups in total. The van der Waals surface area contributed by atoms with Gasteiger partial charge in [0.1, 0.15) is 6.10 Å². The molecule has 1 aromatic heterocycles. The van der Waals surface area contributed by atoms with Gasteiger partial charge in [0, 0.05) is 12.2 Å². The molecule has 0 aliphatic heterocycles. The number of fused-ring (bicyclic) bond motifs is 1. The summed E-state index contributed by atoms with van der Waals surface area (Å²) in [5.74, 6) is 0. The quantitative estimate of drug-likeness (QED) is 0.575. The van der Waals surface area contributed by atoms with Crippen molar-refractivity contribution >= 4 is 0 Å². The van der Waals surface area contributed by atoms with Gasteiger partial charge >= 0.3 is 0 Å². The number of nitrogens with zero attached hydrogens (tertiary/aromatic N) is 1. The van der Waals surface area contributed by atoms with Crippen LogP contribution in [0.3, 0.4) is 0 Å². The molecule has 4 heteroatoms. The highest BCUT2D eigenvalue weighted by molar-refractivity contribution is 5.30. The summed E-state index contributed by atoms with van der Waals surface area (Å²) in [6.45, 7) is 0.247. The smallest absolute Gasteiger partial charge is 0.110 e. The molecule has 1 heterocycles. The number of rotatable bonds is 2. The maximum absolute atomic E-state index is 9.47. The van der Waals surface area contributed by atoms with E-state index >= 15 is 0 Å². The lowest BCUT2D eigenvalue weighted by Crippen LogP contribution is -2.13. The van der Waals surface area contributed by atoms with Crippen molar-refractivity contribution in [2.75, 3.05) is 6.54 Å². The minimum Gasteiger partial charge on any atom is -0.385 e. The molecule has 4 nitrogen and oxygen atoms in total. The Labute approximate surface area is 70.8 Å². The second-order valence-corrected chi connectivity index (χ2v) is 3.17. The molecular formula is C8H13N3O. The topological polar surface area (TPSA) is 74.9 Å². The average Bonchev–Trinajstić information content (AvgIpc) is 2.62. The minimum absolute atomic E-state index is 0.247. The van der Waals surface area contributed by atoms with E-state index in [4.69, 9.17) is 5.73 Å². The maximum atomic E-state index is 9.47. The highest BCUT2D eigenvalue weighted by Gasteiger charge is 2.21. The van der Waals surface area contributed by atoms with Gasteiger partial charge in [-0.25, -0.2) is 0 Å². The van der Waals surface area contributed by atoms with Crippen molar-refractivity contribution in [1.29, 1.82) is 0 Å². The van der Waals surface area contributed by atoms with Crippen LogP contribution < -0.4 is 5.73 Å². The van der Waals surface area contributed by atoms with E-state index in [9.17, 15) is 5.11 Å². The molecular weight excluding hydrogens is 154 g/mol. The first-order chi connectivity index (χ1) is 5.83. The van der Waals surface area contributed by atoms with Gasteiger partial charge in [-0.3, -0.25) is 5.10 Å². The van der Waals surface area contributed by atoms with Crippen molar-refractivity contribution in [3.63, 3.8) is 0 Å². The minimum atomic E-state index is -0.594. The van der Waals surface area contributed by atoms with Crippen molar-refractivity contribution in [1.82, 2.24) is 10.2 Å². The van der Waals surface area contributed by atoms with Crippen LogP contribution in [0.1, 0.15) is 29.5 Å². The van der Waals surface area contributed by atoms with Gasteiger partial charge in [-0.15, -0.1) is 0 Å². The number of aliphatic hydroxyl groups excluding tert-OH is 1. The summed E-state index contributed by atoms with van der Waals surface area (Å²) in [5, 5.41) is 16.5.